The van der Waals surface area contributed by atoms with E-state index in [1.807, 2.05) is 35.4 Å². The number of carbonyl (C=O) groups is 1. The van der Waals surface area contributed by atoms with E-state index in [4.69, 9.17) is 9.47 Å². The highest BCUT2D eigenvalue weighted by atomic mass is 16.5. The maximum Gasteiger partial charge on any atom is 0.254 e. The van der Waals surface area contributed by atoms with Crippen LogP contribution in [0.4, 0.5) is 0 Å². The molecule has 2 fully saturated rings. The van der Waals surface area contributed by atoms with Crippen molar-refractivity contribution in [1.82, 2.24) is 25.0 Å². The van der Waals surface area contributed by atoms with Crippen molar-refractivity contribution < 1.29 is 14.3 Å². The zero-order chi connectivity index (χ0) is 26.8. The predicted molar refractivity (Wildman–Crippen MR) is 152 cm³/mol. The minimum Gasteiger partial charge on any atom is -0.381 e. The molecule has 8 nitrogen and oxygen atoms in total. The van der Waals surface area contributed by atoms with Crippen LogP contribution in [0.2, 0.25) is 0 Å². The van der Waals surface area contributed by atoms with Gasteiger partial charge in [0.2, 0.25) is 0 Å². The van der Waals surface area contributed by atoms with E-state index in [1.165, 1.54) is 11.1 Å². The third-order valence-corrected chi connectivity index (χ3v) is 7.76. The van der Waals surface area contributed by atoms with Gasteiger partial charge in [-0.25, -0.2) is 0 Å². The van der Waals surface area contributed by atoms with E-state index in [0.717, 1.165) is 66.0 Å². The summed E-state index contributed by atoms with van der Waals surface area (Å²) in [5.74, 6) is 0.584. The Balaban J connectivity index is 1.30. The van der Waals surface area contributed by atoms with Crippen molar-refractivity contribution in [2.24, 2.45) is 0 Å². The van der Waals surface area contributed by atoms with Gasteiger partial charge in [0.1, 0.15) is 0 Å². The number of morpholine rings is 1. The number of hydrogen-bond donors (Lipinski definition) is 1. The molecular formula is C31H35N5O3. The van der Waals surface area contributed by atoms with Crippen LogP contribution < -0.4 is 0 Å². The number of nitrogens with one attached hydrogen (secondary N) is 1. The topological polar surface area (TPSA) is 83.6 Å². The number of amides is 1. The molecule has 0 radical (unpaired) electrons. The second-order valence-corrected chi connectivity index (χ2v) is 10.7. The lowest BCUT2D eigenvalue weighted by Crippen LogP contribution is -2.40. The van der Waals surface area contributed by atoms with Gasteiger partial charge in [-0.1, -0.05) is 24.3 Å². The van der Waals surface area contributed by atoms with E-state index in [-0.39, 0.29) is 5.91 Å². The monoisotopic (exact) mass is 525 g/mol. The van der Waals surface area contributed by atoms with Gasteiger partial charge >= 0.3 is 0 Å². The summed E-state index contributed by atoms with van der Waals surface area (Å²) in [6.07, 6.45) is 4.10. The van der Waals surface area contributed by atoms with Crippen molar-refractivity contribution in [2.75, 3.05) is 53.6 Å². The largest absolute Gasteiger partial charge is 0.381 e. The lowest BCUT2D eigenvalue weighted by molar-refractivity contribution is 0.0303. The zero-order valence-corrected chi connectivity index (χ0v) is 22.7. The fourth-order valence-corrected chi connectivity index (χ4v) is 5.69. The first kappa shape index (κ1) is 25.7. The first-order chi connectivity index (χ1) is 19.1. The summed E-state index contributed by atoms with van der Waals surface area (Å²) in [7, 11) is 4.22. The van der Waals surface area contributed by atoms with E-state index in [2.05, 4.69) is 58.4 Å². The smallest absolute Gasteiger partial charge is 0.254 e. The highest BCUT2D eigenvalue weighted by molar-refractivity contribution is 5.97. The number of nitrogens with zero attached hydrogens (tertiary/aromatic N) is 4. The normalized spacial score (nSPS) is 16.7. The van der Waals surface area contributed by atoms with Gasteiger partial charge in [0.15, 0.2) is 5.65 Å². The Hall–Kier alpha value is -3.59. The Labute approximate surface area is 228 Å². The predicted octanol–water partition coefficient (Wildman–Crippen LogP) is 4.72. The van der Waals surface area contributed by atoms with Crippen LogP contribution in [0.25, 0.3) is 33.4 Å². The van der Waals surface area contributed by atoms with Gasteiger partial charge in [0, 0.05) is 61.1 Å². The third-order valence-electron chi connectivity index (χ3n) is 7.76. The van der Waals surface area contributed by atoms with Gasteiger partial charge in [-0.05, 0) is 73.8 Å². The molecule has 39 heavy (non-hydrogen) atoms. The van der Waals surface area contributed by atoms with Crippen LogP contribution in [-0.4, -0.2) is 84.5 Å². The van der Waals surface area contributed by atoms with Crippen LogP contribution in [0.1, 0.15) is 40.2 Å². The molecule has 0 saturated carbocycles. The summed E-state index contributed by atoms with van der Waals surface area (Å²) < 4.78 is 11.0. The molecular weight excluding hydrogens is 490 g/mol. The fraction of sp³-hybridized carbons (Fsp3) is 0.387. The standard InChI is InChI=1S/C31H35N5O3/c1-35(2)20-25-17-24(7-8-26(25)22-9-13-38-14-10-22)29-18-27-28(19-32-30(27)34-33-29)21-3-5-23(6-4-21)31(37)36-11-15-39-16-12-36/h3-8,17-19,22H,9-16,20H2,1-2H3,(H,32,34). The summed E-state index contributed by atoms with van der Waals surface area (Å²) in [6.45, 7) is 4.99. The molecule has 2 aromatic heterocycles. The van der Waals surface area contributed by atoms with E-state index in [0.29, 0.717) is 37.8 Å². The average Bonchev–Trinajstić information content (AvgIpc) is 3.41. The molecule has 0 aliphatic carbocycles. The Morgan fingerprint density at radius 3 is 2.41 bits per heavy atom. The number of aromatic nitrogens is 3. The number of rotatable bonds is 6. The summed E-state index contributed by atoms with van der Waals surface area (Å²) in [4.78, 5) is 20.2. The van der Waals surface area contributed by atoms with Gasteiger partial charge in [0.25, 0.3) is 5.91 Å². The number of aromatic amines is 1. The third kappa shape index (κ3) is 5.45. The number of benzene rings is 2. The fourth-order valence-electron chi connectivity index (χ4n) is 5.69. The van der Waals surface area contributed by atoms with E-state index >= 15 is 0 Å². The molecule has 2 aliphatic heterocycles. The molecule has 1 amide bonds. The molecule has 2 saturated heterocycles. The Morgan fingerprint density at radius 2 is 1.67 bits per heavy atom. The lowest BCUT2D eigenvalue weighted by atomic mass is 9.87. The average molecular weight is 526 g/mol. The van der Waals surface area contributed by atoms with E-state index in [1.54, 1.807) is 0 Å². The lowest BCUT2D eigenvalue weighted by Gasteiger charge is -2.26. The molecule has 4 aromatic rings. The van der Waals surface area contributed by atoms with Crippen molar-refractivity contribution in [2.45, 2.75) is 25.3 Å². The molecule has 4 heterocycles. The van der Waals surface area contributed by atoms with Gasteiger partial charge in [-0.2, -0.15) is 0 Å². The highest BCUT2D eigenvalue weighted by Crippen LogP contribution is 2.34. The van der Waals surface area contributed by atoms with Crippen LogP contribution in [0.3, 0.4) is 0 Å². The number of fused-ring (bicyclic) bond motifs is 1. The Morgan fingerprint density at radius 1 is 0.949 bits per heavy atom. The summed E-state index contributed by atoms with van der Waals surface area (Å²) in [5.41, 5.74) is 8.17. The van der Waals surface area contributed by atoms with Crippen molar-refractivity contribution >= 4 is 16.9 Å². The first-order valence-electron chi connectivity index (χ1n) is 13.7. The molecule has 0 spiro atoms. The maximum absolute atomic E-state index is 12.9. The number of H-pyrrole nitrogens is 1. The van der Waals surface area contributed by atoms with Crippen molar-refractivity contribution in [3.05, 3.63) is 71.4 Å². The maximum atomic E-state index is 12.9. The van der Waals surface area contributed by atoms with Crippen LogP contribution in [0, 0.1) is 0 Å². The van der Waals surface area contributed by atoms with Gasteiger partial charge in [0.05, 0.1) is 18.9 Å². The van der Waals surface area contributed by atoms with Gasteiger partial charge < -0.3 is 24.3 Å². The first-order valence-corrected chi connectivity index (χ1v) is 13.7. The molecule has 0 atom stereocenters. The van der Waals surface area contributed by atoms with E-state index < -0.39 is 0 Å². The molecule has 202 valence electrons. The van der Waals surface area contributed by atoms with Crippen LogP contribution >= 0.6 is 0 Å². The highest BCUT2D eigenvalue weighted by Gasteiger charge is 2.21. The van der Waals surface area contributed by atoms with Crippen LogP contribution in [0.15, 0.2) is 54.7 Å². The molecule has 0 bridgehead atoms. The summed E-state index contributed by atoms with van der Waals surface area (Å²) in [5, 5.41) is 10.1. The minimum absolute atomic E-state index is 0.0506. The number of carbonyl (C=O) groups excluding carboxylic acids is 1. The Bertz CT molecular complexity index is 1450. The van der Waals surface area contributed by atoms with E-state index in [9.17, 15) is 4.79 Å². The van der Waals surface area contributed by atoms with Crippen molar-refractivity contribution in [1.29, 1.82) is 0 Å². The Kier molecular flexibility index (Phi) is 7.41. The molecule has 2 aromatic carbocycles. The molecule has 1 N–H and O–H groups in total. The minimum atomic E-state index is 0.0506. The molecule has 6 rings (SSSR count). The number of ether oxygens (including phenoxy) is 2. The number of hydrogen-bond acceptors (Lipinski definition) is 6. The molecule has 2 aliphatic rings. The SMILES string of the molecule is CN(C)Cc1cc(-c2cc3c(-c4ccc(C(=O)N5CCOCC5)cc4)c[nH]c3nn2)ccc1C1CCOCC1. The quantitative estimate of drug-likeness (QED) is 0.392. The van der Waals surface area contributed by atoms with Crippen molar-refractivity contribution in [3.8, 4) is 22.4 Å². The van der Waals surface area contributed by atoms with Crippen LogP contribution in [0.5, 0.6) is 0 Å². The molecule has 0 unspecified atom stereocenters. The van der Waals surface area contributed by atoms with Crippen LogP contribution in [-0.2, 0) is 16.0 Å². The summed E-state index contributed by atoms with van der Waals surface area (Å²) in [6, 6.07) is 16.7. The van der Waals surface area contributed by atoms with Crippen molar-refractivity contribution in [3.63, 3.8) is 0 Å². The van der Waals surface area contributed by atoms with Gasteiger partial charge in [-0.15, -0.1) is 10.2 Å². The second-order valence-electron chi connectivity index (χ2n) is 10.7. The second kappa shape index (κ2) is 11.3. The summed E-state index contributed by atoms with van der Waals surface area (Å²) >= 11 is 0. The molecule has 8 heteroatoms. The van der Waals surface area contributed by atoms with Gasteiger partial charge in [-0.3, -0.25) is 4.79 Å². The zero-order valence-electron chi connectivity index (χ0n) is 22.7.